The van der Waals surface area contributed by atoms with Crippen molar-refractivity contribution in [2.75, 3.05) is 0 Å². The number of halogens is 2. The zero-order valence-electron chi connectivity index (χ0n) is 11.8. The lowest BCUT2D eigenvalue weighted by atomic mass is 9.84. The average molecular weight is 295 g/mol. The van der Waals surface area contributed by atoms with Crippen LogP contribution in [-0.2, 0) is 11.3 Å². The Balaban J connectivity index is 1.84. The van der Waals surface area contributed by atoms with Crippen molar-refractivity contribution in [2.45, 2.75) is 50.7 Å². The Morgan fingerprint density at radius 1 is 1.29 bits per heavy atom. The largest absolute Gasteiger partial charge is 0.480 e. The van der Waals surface area contributed by atoms with Crippen LogP contribution in [0.4, 0.5) is 8.78 Å². The number of likely N-dealkylation sites (tertiary alicyclic amines) is 1. The molecular formula is C16H19F2NO2. The van der Waals surface area contributed by atoms with Crippen LogP contribution in [0, 0.1) is 17.6 Å². The highest BCUT2D eigenvalue weighted by atomic mass is 19.1. The van der Waals surface area contributed by atoms with Crippen LogP contribution in [0.15, 0.2) is 18.2 Å². The number of benzene rings is 1. The first-order valence-corrected chi connectivity index (χ1v) is 7.48. The summed E-state index contributed by atoms with van der Waals surface area (Å²) in [6.07, 6.45) is 4.90. The summed E-state index contributed by atoms with van der Waals surface area (Å²) >= 11 is 0. The number of fused-ring (bicyclic) bond motifs is 1. The molecule has 1 N–H and O–H groups in total. The van der Waals surface area contributed by atoms with Crippen LogP contribution in [0.3, 0.4) is 0 Å². The molecule has 3 nitrogen and oxygen atoms in total. The molecular weight excluding hydrogens is 276 g/mol. The summed E-state index contributed by atoms with van der Waals surface area (Å²) in [5.74, 6) is -1.66. The summed E-state index contributed by atoms with van der Waals surface area (Å²) in [6, 6.07) is 3.16. The van der Waals surface area contributed by atoms with E-state index in [0.717, 1.165) is 31.7 Å². The van der Waals surface area contributed by atoms with Gasteiger partial charge >= 0.3 is 5.97 Å². The molecule has 0 radical (unpaired) electrons. The number of carboxylic acids is 1. The Morgan fingerprint density at radius 3 is 2.76 bits per heavy atom. The first kappa shape index (κ1) is 14.4. The van der Waals surface area contributed by atoms with E-state index in [0.29, 0.717) is 17.9 Å². The van der Waals surface area contributed by atoms with E-state index in [4.69, 9.17) is 0 Å². The number of hydrogen-bond donors (Lipinski definition) is 1. The Bertz CT molecular complexity index is 549. The number of carboxylic acid groups (broad SMARTS) is 1. The molecule has 1 heterocycles. The molecule has 3 atom stereocenters. The third-order valence-electron chi connectivity index (χ3n) is 4.87. The van der Waals surface area contributed by atoms with E-state index in [2.05, 4.69) is 0 Å². The van der Waals surface area contributed by atoms with Gasteiger partial charge in [0.15, 0.2) is 0 Å². The van der Waals surface area contributed by atoms with Crippen molar-refractivity contribution in [3.8, 4) is 0 Å². The van der Waals surface area contributed by atoms with Crippen molar-refractivity contribution in [3.63, 3.8) is 0 Å². The second kappa shape index (κ2) is 5.72. The second-order valence-corrected chi connectivity index (χ2v) is 6.11. The average Bonchev–Trinajstić information content (AvgIpc) is 2.81. The third kappa shape index (κ3) is 2.79. The summed E-state index contributed by atoms with van der Waals surface area (Å²) in [5.41, 5.74) is 0.369. The minimum absolute atomic E-state index is 0.212. The van der Waals surface area contributed by atoms with Gasteiger partial charge in [-0.2, -0.15) is 0 Å². The maximum absolute atomic E-state index is 13.8. The van der Waals surface area contributed by atoms with Gasteiger partial charge in [0.1, 0.15) is 17.7 Å². The Morgan fingerprint density at radius 2 is 2.05 bits per heavy atom. The summed E-state index contributed by atoms with van der Waals surface area (Å²) in [4.78, 5) is 13.4. The SMILES string of the molecule is O=C(O)[C@@H]1C[C@@H]2CCCC[C@H]2N1Cc1ccc(F)cc1F. The lowest BCUT2D eigenvalue weighted by molar-refractivity contribution is -0.142. The van der Waals surface area contributed by atoms with Crippen LogP contribution in [0.1, 0.15) is 37.7 Å². The van der Waals surface area contributed by atoms with E-state index in [1.165, 1.54) is 12.1 Å². The van der Waals surface area contributed by atoms with Crippen molar-refractivity contribution in [3.05, 3.63) is 35.4 Å². The van der Waals surface area contributed by atoms with Gasteiger partial charge in [-0.25, -0.2) is 8.78 Å². The summed E-state index contributed by atoms with van der Waals surface area (Å²) in [7, 11) is 0. The predicted octanol–water partition coefficient (Wildman–Crippen LogP) is 3.18. The van der Waals surface area contributed by atoms with Crippen LogP contribution in [0.5, 0.6) is 0 Å². The normalized spacial score (nSPS) is 29.3. The van der Waals surface area contributed by atoms with E-state index < -0.39 is 23.6 Å². The fourth-order valence-electron chi connectivity index (χ4n) is 3.87. The maximum atomic E-state index is 13.8. The minimum Gasteiger partial charge on any atom is -0.480 e. The van der Waals surface area contributed by atoms with Crippen molar-refractivity contribution in [1.29, 1.82) is 0 Å². The Hall–Kier alpha value is -1.49. The summed E-state index contributed by atoms with van der Waals surface area (Å²) in [5, 5.41) is 9.43. The van der Waals surface area contributed by atoms with Gasteiger partial charge < -0.3 is 5.11 Å². The number of rotatable bonds is 3. The van der Waals surface area contributed by atoms with Gasteiger partial charge in [-0.3, -0.25) is 9.69 Å². The zero-order chi connectivity index (χ0) is 15.0. The maximum Gasteiger partial charge on any atom is 0.320 e. The second-order valence-electron chi connectivity index (χ2n) is 6.11. The fourth-order valence-corrected chi connectivity index (χ4v) is 3.87. The standard InChI is InChI=1S/C16H19F2NO2/c17-12-6-5-11(13(18)8-12)9-19-14-4-2-1-3-10(14)7-15(19)16(20)21/h5-6,8,10,14-15H,1-4,7,9H2,(H,20,21)/t10-,14+,15-/m0/s1. The van der Waals surface area contributed by atoms with Gasteiger partial charge in [-0.05, 0) is 31.2 Å². The minimum atomic E-state index is -0.841. The highest BCUT2D eigenvalue weighted by Crippen LogP contribution is 2.40. The Labute approximate surface area is 122 Å². The van der Waals surface area contributed by atoms with E-state index >= 15 is 0 Å². The molecule has 114 valence electrons. The molecule has 2 fully saturated rings. The molecule has 1 saturated heterocycles. The first-order chi connectivity index (χ1) is 10.1. The lowest BCUT2D eigenvalue weighted by Crippen LogP contribution is -2.41. The summed E-state index contributed by atoms with van der Waals surface area (Å²) in [6.45, 7) is 0.240. The van der Waals surface area contributed by atoms with Crippen LogP contribution >= 0.6 is 0 Å². The van der Waals surface area contributed by atoms with Crippen molar-refractivity contribution in [1.82, 2.24) is 4.90 Å². The lowest BCUT2D eigenvalue weighted by Gasteiger charge is -2.33. The van der Waals surface area contributed by atoms with Crippen LogP contribution in [0.25, 0.3) is 0 Å². The molecule has 0 aromatic heterocycles. The Kier molecular flexibility index (Phi) is 3.93. The van der Waals surface area contributed by atoms with Crippen LogP contribution in [0.2, 0.25) is 0 Å². The first-order valence-electron chi connectivity index (χ1n) is 7.48. The quantitative estimate of drug-likeness (QED) is 0.931. The molecule has 0 amide bonds. The van der Waals surface area contributed by atoms with Crippen molar-refractivity contribution >= 4 is 5.97 Å². The molecule has 1 aliphatic heterocycles. The monoisotopic (exact) mass is 295 g/mol. The van der Waals surface area contributed by atoms with Crippen LogP contribution < -0.4 is 0 Å². The molecule has 1 saturated carbocycles. The molecule has 0 unspecified atom stereocenters. The van der Waals surface area contributed by atoms with Crippen molar-refractivity contribution in [2.24, 2.45) is 5.92 Å². The van der Waals surface area contributed by atoms with Gasteiger partial charge in [0, 0.05) is 24.2 Å². The van der Waals surface area contributed by atoms with Gasteiger partial charge in [0.25, 0.3) is 0 Å². The van der Waals surface area contributed by atoms with Gasteiger partial charge in [0.05, 0.1) is 0 Å². The van der Waals surface area contributed by atoms with E-state index in [1.807, 2.05) is 4.90 Å². The molecule has 1 aliphatic carbocycles. The molecule has 0 bridgehead atoms. The number of nitrogens with zero attached hydrogens (tertiary/aromatic N) is 1. The third-order valence-corrected chi connectivity index (χ3v) is 4.87. The molecule has 3 rings (SSSR count). The highest BCUT2D eigenvalue weighted by Gasteiger charge is 2.45. The summed E-state index contributed by atoms with van der Waals surface area (Å²) < 4.78 is 26.8. The molecule has 21 heavy (non-hydrogen) atoms. The van der Waals surface area contributed by atoms with Crippen LogP contribution in [-0.4, -0.2) is 28.1 Å². The van der Waals surface area contributed by atoms with E-state index in [-0.39, 0.29) is 12.6 Å². The molecule has 1 aromatic carbocycles. The van der Waals surface area contributed by atoms with E-state index in [9.17, 15) is 18.7 Å². The fraction of sp³-hybridized carbons (Fsp3) is 0.562. The molecule has 5 heteroatoms. The molecule has 1 aromatic rings. The smallest absolute Gasteiger partial charge is 0.320 e. The number of hydrogen-bond acceptors (Lipinski definition) is 2. The number of aliphatic carboxylic acids is 1. The zero-order valence-corrected chi connectivity index (χ0v) is 11.8. The molecule has 2 aliphatic rings. The predicted molar refractivity (Wildman–Crippen MR) is 73.7 cm³/mol. The number of carbonyl (C=O) groups is 1. The van der Waals surface area contributed by atoms with Gasteiger partial charge in [-0.15, -0.1) is 0 Å². The van der Waals surface area contributed by atoms with Crippen molar-refractivity contribution < 1.29 is 18.7 Å². The highest BCUT2D eigenvalue weighted by molar-refractivity contribution is 5.74. The van der Waals surface area contributed by atoms with Gasteiger partial charge in [0.2, 0.25) is 0 Å². The molecule has 0 spiro atoms. The topological polar surface area (TPSA) is 40.5 Å². The van der Waals surface area contributed by atoms with E-state index in [1.54, 1.807) is 0 Å². The van der Waals surface area contributed by atoms with Gasteiger partial charge in [-0.1, -0.05) is 18.9 Å².